The molecule has 0 atom stereocenters. The molecule has 0 aliphatic carbocycles. The summed E-state index contributed by atoms with van der Waals surface area (Å²) in [5.41, 5.74) is 3.10. The van der Waals surface area contributed by atoms with Crippen molar-refractivity contribution in [2.24, 2.45) is 5.92 Å². The molecule has 2 heterocycles. The van der Waals surface area contributed by atoms with Gasteiger partial charge in [-0.05, 0) is 71.0 Å². The second-order valence-corrected chi connectivity index (χ2v) is 7.73. The van der Waals surface area contributed by atoms with E-state index >= 15 is 0 Å². The summed E-state index contributed by atoms with van der Waals surface area (Å²) in [7, 11) is 0. The molecule has 0 fully saturated rings. The van der Waals surface area contributed by atoms with Crippen molar-refractivity contribution in [3.05, 3.63) is 70.1 Å². The van der Waals surface area contributed by atoms with Crippen molar-refractivity contribution in [1.82, 2.24) is 9.97 Å². The summed E-state index contributed by atoms with van der Waals surface area (Å²) in [4.78, 5) is 21.2. The highest BCUT2D eigenvalue weighted by atomic mass is 127. The summed E-state index contributed by atoms with van der Waals surface area (Å²) < 4.78 is 1.08. The molecule has 27 heavy (non-hydrogen) atoms. The molecule has 2 aromatic heterocycles. The maximum absolute atomic E-state index is 12.5. The SMILES string of the molecule is CC(C)CNc1ccc(C(=O)Nc2ccc(I)c(-c3ccccn3)c2)cn1. The van der Waals surface area contributed by atoms with Crippen LogP contribution in [0.4, 0.5) is 11.5 Å². The number of anilines is 2. The number of nitrogens with zero attached hydrogens (tertiary/aromatic N) is 2. The molecule has 0 aliphatic heterocycles. The van der Waals surface area contributed by atoms with Crippen molar-refractivity contribution in [1.29, 1.82) is 0 Å². The Bertz CT molecular complexity index is 911. The Morgan fingerprint density at radius 1 is 1.11 bits per heavy atom. The highest BCUT2D eigenvalue weighted by molar-refractivity contribution is 14.1. The van der Waals surface area contributed by atoms with Crippen LogP contribution in [0.2, 0.25) is 0 Å². The molecule has 0 saturated heterocycles. The molecule has 0 saturated carbocycles. The lowest BCUT2D eigenvalue weighted by molar-refractivity contribution is 0.102. The number of nitrogens with one attached hydrogen (secondary N) is 2. The molecule has 3 rings (SSSR count). The highest BCUT2D eigenvalue weighted by Crippen LogP contribution is 2.27. The van der Waals surface area contributed by atoms with E-state index in [1.807, 2.05) is 42.5 Å². The fourth-order valence-electron chi connectivity index (χ4n) is 2.47. The lowest BCUT2D eigenvalue weighted by Crippen LogP contribution is -2.13. The van der Waals surface area contributed by atoms with E-state index < -0.39 is 0 Å². The zero-order chi connectivity index (χ0) is 19.2. The van der Waals surface area contributed by atoms with Crippen LogP contribution in [0.15, 0.2) is 60.9 Å². The van der Waals surface area contributed by atoms with Crippen LogP contribution in [-0.4, -0.2) is 22.4 Å². The van der Waals surface area contributed by atoms with Crippen LogP contribution in [0.3, 0.4) is 0 Å². The summed E-state index contributed by atoms with van der Waals surface area (Å²) in [6.07, 6.45) is 3.35. The number of benzene rings is 1. The Morgan fingerprint density at radius 2 is 1.96 bits per heavy atom. The molecule has 0 unspecified atom stereocenters. The second kappa shape index (κ2) is 8.94. The van der Waals surface area contributed by atoms with E-state index in [0.29, 0.717) is 11.5 Å². The van der Waals surface area contributed by atoms with E-state index in [1.165, 1.54) is 0 Å². The van der Waals surface area contributed by atoms with Crippen molar-refractivity contribution < 1.29 is 4.79 Å². The Balaban J connectivity index is 1.72. The van der Waals surface area contributed by atoms with Crippen LogP contribution in [-0.2, 0) is 0 Å². The number of halogens is 1. The van der Waals surface area contributed by atoms with Gasteiger partial charge in [-0.1, -0.05) is 19.9 Å². The van der Waals surface area contributed by atoms with Crippen LogP contribution >= 0.6 is 22.6 Å². The standard InChI is InChI=1S/C21H21IN4O/c1-14(2)12-24-20-9-6-15(13-25-20)21(27)26-16-7-8-18(22)17(11-16)19-5-3-4-10-23-19/h3-11,13-14H,12H2,1-2H3,(H,24,25)(H,26,27). The number of carbonyl (C=O) groups is 1. The maximum atomic E-state index is 12.5. The quantitative estimate of drug-likeness (QED) is 0.492. The molecule has 1 amide bonds. The van der Waals surface area contributed by atoms with Gasteiger partial charge in [0.05, 0.1) is 11.3 Å². The van der Waals surface area contributed by atoms with E-state index in [-0.39, 0.29) is 5.91 Å². The van der Waals surface area contributed by atoms with Crippen molar-refractivity contribution in [3.8, 4) is 11.3 Å². The van der Waals surface area contributed by atoms with Crippen LogP contribution < -0.4 is 10.6 Å². The first-order chi connectivity index (χ1) is 13.0. The minimum Gasteiger partial charge on any atom is -0.370 e. The molecule has 0 bridgehead atoms. The van der Waals surface area contributed by atoms with E-state index in [1.54, 1.807) is 18.5 Å². The molecule has 0 spiro atoms. The predicted molar refractivity (Wildman–Crippen MR) is 118 cm³/mol. The Hall–Kier alpha value is -2.48. The summed E-state index contributed by atoms with van der Waals surface area (Å²) in [5.74, 6) is 1.11. The van der Waals surface area contributed by atoms with Crippen molar-refractivity contribution in [2.45, 2.75) is 13.8 Å². The smallest absolute Gasteiger partial charge is 0.257 e. The lowest BCUT2D eigenvalue weighted by atomic mass is 10.1. The third-order valence-electron chi connectivity index (χ3n) is 3.88. The number of carbonyl (C=O) groups excluding carboxylic acids is 1. The third-order valence-corrected chi connectivity index (χ3v) is 4.82. The maximum Gasteiger partial charge on any atom is 0.257 e. The van der Waals surface area contributed by atoms with Crippen LogP contribution in [0.1, 0.15) is 24.2 Å². The normalized spacial score (nSPS) is 10.7. The average molecular weight is 472 g/mol. The fraction of sp³-hybridized carbons (Fsp3) is 0.190. The number of pyridine rings is 2. The fourth-order valence-corrected chi connectivity index (χ4v) is 3.08. The van der Waals surface area contributed by atoms with Crippen LogP contribution in [0, 0.1) is 9.49 Å². The summed E-state index contributed by atoms with van der Waals surface area (Å²) in [5, 5.41) is 6.18. The second-order valence-electron chi connectivity index (χ2n) is 6.57. The van der Waals surface area contributed by atoms with Crippen molar-refractivity contribution >= 4 is 40.0 Å². The van der Waals surface area contributed by atoms with Gasteiger partial charge in [0.15, 0.2) is 0 Å². The topological polar surface area (TPSA) is 66.9 Å². The monoisotopic (exact) mass is 472 g/mol. The van der Waals surface area contributed by atoms with Gasteiger partial charge in [0, 0.05) is 33.8 Å². The average Bonchev–Trinajstić information content (AvgIpc) is 2.69. The van der Waals surface area contributed by atoms with Gasteiger partial charge in [0.1, 0.15) is 5.82 Å². The predicted octanol–water partition coefficient (Wildman–Crippen LogP) is 5.07. The molecule has 0 radical (unpaired) electrons. The number of hydrogen-bond acceptors (Lipinski definition) is 4. The number of hydrogen-bond donors (Lipinski definition) is 2. The Kier molecular flexibility index (Phi) is 6.39. The van der Waals surface area contributed by atoms with E-state index in [4.69, 9.17) is 0 Å². The first-order valence-corrected chi connectivity index (χ1v) is 9.83. The summed E-state index contributed by atoms with van der Waals surface area (Å²) >= 11 is 2.27. The van der Waals surface area contributed by atoms with Crippen molar-refractivity contribution in [2.75, 3.05) is 17.2 Å². The summed E-state index contributed by atoms with van der Waals surface area (Å²) in [6.45, 7) is 5.11. The molecule has 1 aromatic carbocycles. The first-order valence-electron chi connectivity index (χ1n) is 8.75. The van der Waals surface area contributed by atoms with Gasteiger partial charge >= 0.3 is 0 Å². The zero-order valence-corrected chi connectivity index (χ0v) is 17.4. The van der Waals surface area contributed by atoms with Gasteiger partial charge in [-0.15, -0.1) is 0 Å². The van der Waals surface area contributed by atoms with Gasteiger partial charge in [0.2, 0.25) is 0 Å². The largest absolute Gasteiger partial charge is 0.370 e. The van der Waals surface area contributed by atoms with E-state index in [2.05, 4.69) is 57.0 Å². The molecule has 0 aliphatic rings. The van der Waals surface area contributed by atoms with E-state index in [0.717, 1.165) is 32.9 Å². The molecular formula is C21H21IN4O. The molecule has 3 aromatic rings. The number of aromatic nitrogens is 2. The minimum absolute atomic E-state index is 0.189. The van der Waals surface area contributed by atoms with Gasteiger partial charge in [-0.3, -0.25) is 9.78 Å². The molecular weight excluding hydrogens is 451 g/mol. The first kappa shape index (κ1) is 19.3. The third kappa shape index (κ3) is 5.26. The van der Waals surface area contributed by atoms with Gasteiger partial charge < -0.3 is 10.6 Å². The van der Waals surface area contributed by atoms with Crippen LogP contribution in [0.5, 0.6) is 0 Å². The molecule has 138 valence electrons. The van der Waals surface area contributed by atoms with Gasteiger partial charge in [-0.25, -0.2) is 4.98 Å². The number of amides is 1. The highest BCUT2D eigenvalue weighted by Gasteiger charge is 2.10. The summed E-state index contributed by atoms with van der Waals surface area (Å²) in [6, 6.07) is 15.2. The van der Waals surface area contributed by atoms with Gasteiger partial charge in [-0.2, -0.15) is 0 Å². The van der Waals surface area contributed by atoms with Crippen LogP contribution in [0.25, 0.3) is 11.3 Å². The van der Waals surface area contributed by atoms with E-state index in [9.17, 15) is 4.79 Å². The van der Waals surface area contributed by atoms with Crippen molar-refractivity contribution in [3.63, 3.8) is 0 Å². The molecule has 2 N–H and O–H groups in total. The molecule has 6 heteroatoms. The Morgan fingerprint density at radius 3 is 2.63 bits per heavy atom. The lowest BCUT2D eigenvalue weighted by Gasteiger charge is -2.10. The molecule has 5 nitrogen and oxygen atoms in total. The Labute approximate surface area is 172 Å². The zero-order valence-electron chi connectivity index (χ0n) is 15.2. The number of rotatable bonds is 6. The minimum atomic E-state index is -0.189. The van der Waals surface area contributed by atoms with Gasteiger partial charge in [0.25, 0.3) is 5.91 Å².